The normalized spacial score (nSPS) is 19.6. The molecule has 0 spiro atoms. The predicted molar refractivity (Wildman–Crippen MR) is 78.2 cm³/mol. The summed E-state index contributed by atoms with van der Waals surface area (Å²) in [6.07, 6.45) is -15.6. The monoisotopic (exact) mass is 527 g/mol. The topological polar surface area (TPSA) is 32.7 Å². The number of aliphatic hydroxyl groups excluding tert-OH is 1. The number of nitrogens with zero attached hydrogens (tertiary/aromatic N) is 1. The summed E-state index contributed by atoms with van der Waals surface area (Å²) in [5.74, 6) is -44.1. The van der Waals surface area contributed by atoms with Crippen LogP contribution in [-0.2, 0) is 4.74 Å². The molecule has 33 heavy (non-hydrogen) atoms. The summed E-state index contributed by atoms with van der Waals surface area (Å²) in [6.45, 7) is -0.331. The van der Waals surface area contributed by atoms with Gasteiger partial charge < -0.3 is 9.84 Å². The Morgan fingerprint density at radius 1 is 0.667 bits per heavy atom. The molecule has 3 nitrogen and oxygen atoms in total. The van der Waals surface area contributed by atoms with E-state index in [-0.39, 0.29) is 26.3 Å². The van der Waals surface area contributed by atoms with E-state index < -0.39 is 67.2 Å². The SMILES string of the molecule is OC(CN1CCOCC1)CC(F)(F)CC(F)(F)C(F)(F)C(F)(F)C(F)(F)C(F)(F)C(F)(F)F. The van der Waals surface area contributed by atoms with Crippen molar-refractivity contribution < 1.29 is 75.7 Å². The van der Waals surface area contributed by atoms with Gasteiger partial charge in [-0.25, -0.2) is 8.78 Å². The van der Waals surface area contributed by atoms with Crippen molar-refractivity contribution in [3.63, 3.8) is 0 Å². The van der Waals surface area contributed by atoms with Crippen LogP contribution in [0.1, 0.15) is 12.8 Å². The number of morpholine rings is 1. The zero-order valence-corrected chi connectivity index (χ0v) is 16.0. The third-order valence-electron chi connectivity index (χ3n) is 4.59. The van der Waals surface area contributed by atoms with Crippen molar-refractivity contribution in [1.29, 1.82) is 0 Å². The van der Waals surface area contributed by atoms with Crippen molar-refractivity contribution in [1.82, 2.24) is 4.90 Å². The van der Waals surface area contributed by atoms with Gasteiger partial charge in [0, 0.05) is 26.1 Å². The Kier molecular flexibility index (Phi) is 8.26. The second kappa shape index (κ2) is 9.13. The zero-order valence-electron chi connectivity index (χ0n) is 16.0. The maximum absolute atomic E-state index is 13.8. The second-order valence-corrected chi connectivity index (χ2v) is 7.30. The van der Waals surface area contributed by atoms with Gasteiger partial charge in [-0.2, -0.15) is 57.1 Å². The summed E-state index contributed by atoms with van der Waals surface area (Å²) in [7, 11) is 0. The van der Waals surface area contributed by atoms with Gasteiger partial charge in [0.2, 0.25) is 0 Å². The molecule has 1 saturated heterocycles. The van der Waals surface area contributed by atoms with E-state index in [4.69, 9.17) is 4.74 Å². The fourth-order valence-electron chi connectivity index (χ4n) is 2.80. The first-order valence-electron chi connectivity index (χ1n) is 8.75. The molecule has 0 aromatic carbocycles. The molecule has 1 aliphatic rings. The Bertz CT molecular complexity index is 658. The van der Waals surface area contributed by atoms with E-state index in [1.165, 1.54) is 4.90 Å². The largest absolute Gasteiger partial charge is 0.460 e. The number of ether oxygens (including phenoxy) is 1. The highest BCUT2D eigenvalue weighted by molar-refractivity contribution is 5.10. The van der Waals surface area contributed by atoms with Gasteiger partial charge in [-0.1, -0.05) is 0 Å². The summed E-state index contributed by atoms with van der Waals surface area (Å²) in [6, 6.07) is 0. The summed E-state index contributed by atoms with van der Waals surface area (Å²) in [5.41, 5.74) is 0. The minimum atomic E-state index is -8.16. The van der Waals surface area contributed by atoms with E-state index in [1.54, 1.807) is 0 Å². The molecule has 1 atom stereocenters. The average molecular weight is 527 g/mol. The maximum Gasteiger partial charge on any atom is 0.460 e. The van der Waals surface area contributed by atoms with Gasteiger partial charge in [0.25, 0.3) is 5.92 Å². The summed E-state index contributed by atoms with van der Waals surface area (Å²) < 4.78 is 201. The van der Waals surface area contributed by atoms with Crippen molar-refractivity contribution in [3.05, 3.63) is 0 Å². The Morgan fingerprint density at radius 2 is 1.09 bits per heavy atom. The highest BCUT2D eigenvalue weighted by atomic mass is 19.4. The van der Waals surface area contributed by atoms with Crippen LogP contribution in [0.15, 0.2) is 0 Å². The Balaban J connectivity index is 3.10. The lowest BCUT2D eigenvalue weighted by atomic mass is 9.90. The van der Waals surface area contributed by atoms with E-state index in [0.29, 0.717) is 0 Å². The van der Waals surface area contributed by atoms with Crippen LogP contribution in [0.2, 0.25) is 0 Å². The fraction of sp³-hybridized carbons (Fsp3) is 1.00. The van der Waals surface area contributed by atoms with E-state index >= 15 is 0 Å². The molecule has 18 heteroatoms. The average Bonchev–Trinajstić information content (AvgIpc) is 2.59. The minimum absolute atomic E-state index is 0.0750. The Hall–Kier alpha value is -1.17. The summed E-state index contributed by atoms with van der Waals surface area (Å²) in [4.78, 5) is 1.27. The number of hydrogen-bond acceptors (Lipinski definition) is 3. The van der Waals surface area contributed by atoms with Crippen molar-refractivity contribution in [3.8, 4) is 0 Å². The van der Waals surface area contributed by atoms with Gasteiger partial charge in [0.15, 0.2) is 0 Å². The number of rotatable bonds is 10. The molecule has 1 aliphatic heterocycles. The molecule has 0 saturated carbocycles. The molecule has 1 N–H and O–H groups in total. The maximum atomic E-state index is 13.8. The highest BCUT2D eigenvalue weighted by Crippen LogP contribution is 2.61. The molecule has 1 fully saturated rings. The molecule has 0 amide bonds. The van der Waals surface area contributed by atoms with Gasteiger partial charge in [0.05, 0.1) is 25.7 Å². The molecule has 0 aromatic rings. The molecular formula is C15H16F15NO2. The molecule has 1 rings (SSSR count). The van der Waals surface area contributed by atoms with E-state index in [0.717, 1.165) is 0 Å². The van der Waals surface area contributed by atoms with Crippen LogP contribution in [0.5, 0.6) is 0 Å². The van der Waals surface area contributed by atoms with Crippen LogP contribution < -0.4 is 0 Å². The van der Waals surface area contributed by atoms with Gasteiger partial charge >= 0.3 is 35.8 Å². The van der Waals surface area contributed by atoms with Crippen LogP contribution in [0.25, 0.3) is 0 Å². The van der Waals surface area contributed by atoms with Gasteiger partial charge in [-0.3, -0.25) is 4.90 Å². The smallest absolute Gasteiger partial charge is 0.392 e. The summed E-state index contributed by atoms with van der Waals surface area (Å²) in [5, 5.41) is 9.53. The predicted octanol–water partition coefficient (Wildman–Crippen LogP) is 4.83. The summed E-state index contributed by atoms with van der Waals surface area (Å²) >= 11 is 0. The molecule has 0 aromatic heterocycles. The molecule has 1 unspecified atom stereocenters. The number of hydrogen-bond donors (Lipinski definition) is 1. The van der Waals surface area contributed by atoms with Crippen molar-refractivity contribution in [2.24, 2.45) is 0 Å². The van der Waals surface area contributed by atoms with Crippen LogP contribution in [0.4, 0.5) is 65.9 Å². The molecule has 0 aliphatic carbocycles. The number of aliphatic hydroxyl groups is 1. The van der Waals surface area contributed by atoms with Crippen LogP contribution in [-0.4, -0.2) is 90.7 Å². The molecule has 0 bridgehead atoms. The van der Waals surface area contributed by atoms with Crippen molar-refractivity contribution in [2.75, 3.05) is 32.8 Å². The zero-order chi connectivity index (χ0) is 26.3. The van der Waals surface area contributed by atoms with E-state index in [2.05, 4.69) is 0 Å². The van der Waals surface area contributed by atoms with Gasteiger partial charge in [0.1, 0.15) is 0 Å². The van der Waals surface area contributed by atoms with E-state index in [9.17, 15) is 71.0 Å². The first kappa shape index (κ1) is 29.9. The highest BCUT2D eigenvalue weighted by Gasteiger charge is 2.91. The first-order chi connectivity index (χ1) is 14.4. The third-order valence-corrected chi connectivity index (χ3v) is 4.59. The molecule has 1 heterocycles. The number of halogens is 15. The van der Waals surface area contributed by atoms with Crippen LogP contribution in [0.3, 0.4) is 0 Å². The molecule has 0 radical (unpaired) electrons. The Labute approximate surface area is 175 Å². The lowest BCUT2D eigenvalue weighted by Gasteiger charge is -2.40. The van der Waals surface area contributed by atoms with Crippen LogP contribution >= 0.6 is 0 Å². The lowest BCUT2D eigenvalue weighted by Crippen LogP contribution is -2.70. The van der Waals surface area contributed by atoms with E-state index in [1.807, 2.05) is 0 Å². The number of β-amino-alcohol motifs (C(OH)–C–C–N with tert-alkyl or cyclic N) is 1. The third kappa shape index (κ3) is 5.74. The standard InChI is InChI=1S/C15H16F15NO2/c16-9(17,5-8(32)6-31-1-3-33-4-2-31)7-10(18,19)11(20,21)12(22,23)13(24,25)14(26,27)15(28,29)30/h8,32H,1-7H2. The minimum Gasteiger partial charge on any atom is -0.392 e. The Morgan fingerprint density at radius 3 is 1.52 bits per heavy atom. The van der Waals surface area contributed by atoms with Crippen molar-refractivity contribution >= 4 is 0 Å². The molecular weight excluding hydrogens is 511 g/mol. The van der Waals surface area contributed by atoms with Crippen molar-refractivity contribution in [2.45, 2.75) is 60.7 Å². The lowest BCUT2D eigenvalue weighted by molar-refractivity contribution is -0.442. The van der Waals surface area contributed by atoms with Crippen LogP contribution in [0, 0.1) is 0 Å². The molecule has 198 valence electrons. The van der Waals surface area contributed by atoms with Gasteiger partial charge in [-0.15, -0.1) is 0 Å². The number of alkyl halides is 15. The second-order valence-electron chi connectivity index (χ2n) is 7.30. The van der Waals surface area contributed by atoms with Gasteiger partial charge in [-0.05, 0) is 0 Å². The quantitative estimate of drug-likeness (QED) is 0.414. The fourth-order valence-corrected chi connectivity index (χ4v) is 2.80. The first-order valence-corrected chi connectivity index (χ1v) is 8.75.